The number of aromatic nitrogens is 1. The van der Waals surface area contributed by atoms with Crippen molar-refractivity contribution in [1.29, 1.82) is 0 Å². The molecular formula is C19H17N2W-. The van der Waals surface area contributed by atoms with E-state index in [1.54, 1.807) is 0 Å². The molecule has 4 rings (SSSR count). The van der Waals surface area contributed by atoms with Crippen LogP contribution in [-0.2, 0) is 21.1 Å². The molecule has 110 valence electrons. The molecule has 0 amide bonds. The SMILES string of the molecule is CC1CN(c2nc(-c3[c-]cccc3)cc3ccccc23)C1.[W]. The van der Waals surface area contributed by atoms with Gasteiger partial charge >= 0.3 is 0 Å². The van der Waals surface area contributed by atoms with Crippen LogP contribution in [0.1, 0.15) is 6.92 Å². The van der Waals surface area contributed by atoms with Gasteiger partial charge in [-0.3, -0.25) is 4.98 Å². The van der Waals surface area contributed by atoms with Crippen molar-refractivity contribution in [1.82, 2.24) is 4.98 Å². The van der Waals surface area contributed by atoms with Gasteiger partial charge in [-0.05, 0) is 17.0 Å². The fourth-order valence-corrected chi connectivity index (χ4v) is 2.98. The number of rotatable bonds is 2. The van der Waals surface area contributed by atoms with E-state index in [-0.39, 0.29) is 21.1 Å². The molecule has 1 aliphatic heterocycles. The molecule has 22 heavy (non-hydrogen) atoms. The van der Waals surface area contributed by atoms with Crippen LogP contribution in [0.5, 0.6) is 0 Å². The van der Waals surface area contributed by atoms with E-state index in [1.165, 1.54) is 10.8 Å². The van der Waals surface area contributed by atoms with E-state index < -0.39 is 0 Å². The van der Waals surface area contributed by atoms with E-state index in [9.17, 15) is 0 Å². The summed E-state index contributed by atoms with van der Waals surface area (Å²) >= 11 is 0. The van der Waals surface area contributed by atoms with Crippen LogP contribution >= 0.6 is 0 Å². The fourth-order valence-electron chi connectivity index (χ4n) is 2.98. The Bertz CT molecular complexity index is 780. The van der Waals surface area contributed by atoms with Gasteiger partial charge in [0.05, 0.1) is 0 Å². The molecule has 0 N–H and O–H groups in total. The first-order chi connectivity index (χ1) is 10.3. The van der Waals surface area contributed by atoms with Crippen molar-refractivity contribution < 1.29 is 21.1 Å². The maximum atomic E-state index is 4.92. The Balaban J connectivity index is 0.00000144. The zero-order valence-corrected chi connectivity index (χ0v) is 15.4. The van der Waals surface area contributed by atoms with Crippen LogP contribution in [0.2, 0.25) is 0 Å². The molecule has 2 nitrogen and oxygen atoms in total. The molecule has 1 aliphatic rings. The number of hydrogen-bond acceptors (Lipinski definition) is 2. The van der Waals surface area contributed by atoms with Gasteiger partial charge in [-0.1, -0.05) is 37.3 Å². The molecule has 0 unspecified atom stereocenters. The summed E-state index contributed by atoms with van der Waals surface area (Å²) < 4.78 is 0. The molecule has 0 bridgehead atoms. The van der Waals surface area contributed by atoms with Crippen LogP contribution in [0.15, 0.2) is 54.6 Å². The second-order valence-electron chi connectivity index (χ2n) is 5.84. The van der Waals surface area contributed by atoms with Gasteiger partial charge < -0.3 is 4.90 Å². The van der Waals surface area contributed by atoms with E-state index >= 15 is 0 Å². The van der Waals surface area contributed by atoms with Crippen LogP contribution in [0.3, 0.4) is 0 Å². The summed E-state index contributed by atoms with van der Waals surface area (Å²) in [5, 5.41) is 2.48. The third-order valence-electron chi connectivity index (χ3n) is 4.07. The van der Waals surface area contributed by atoms with E-state index in [0.717, 1.165) is 36.1 Å². The maximum absolute atomic E-state index is 4.92. The minimum atomic E-state index is 0. The summed E-state index contributed by atoms with van der Waals surface area (Å²) in [5.74, 6) is 1.87. The second kappa shape index (κ2) is 6.22. The summed E-state index contributed by atoms with van der Waals surface area (Å²) in [4.78, 5) is 7.30. The van der Waals surface area contributed by atoms with Crippen molar-refractivity contribution in [2.75, 3.05) is 18.0 Å². The monoisotopic (exact) mass is 457 g/mol. The minimum absolute atomic E-state index is 0. The van der Waals surface area contributed by atoms with Crippen LogP contribution in [0.4, 0.5) is 5.82 Å². The normalized spacial score (nSPS) is 14.5. The maximum Gasteiger partial charge on any atom is 0.127 e. The predicted octanol–water partition coefficient (Wildman–Crippen LogP) is 4.16. The summed E-state index contributed by atoms with van der Waals surface area (Å²) in [7, 11) is 0. The zero-order valence-electron chi connectivity index (χ0n) is 12.5. The quantitative estimate of drug-likeness (QED) is 0.538. The average Bonchev–Trinajstić information content (AvgIpc) is 2.52. The number of benzene rings is 2. The number of nitrogens with zero attached hydrogens (tertiary/aromatic N) is 2. The van der Waals surface area contributed by atoms with Gasteiger partial charge in [0.25, 0.3) is 0 Å². The number of pyridine rings is 1. The smallest absolute Gasteiger partial charge is 0.127 e. The molecular weight excluding hydrogens is 440 g/mol. The Hall–Kier alpha value is -1.66. The van der Waals surface area contributed by atoms with Gasteiger partial charge in [0.2, 0.25) is 0 Å². The van der Waals surface area contributed by atoms with Gasteiger partial charge in [-0.2, -0.15) is 0 Å². The topological polar surface area (TPSA) is 16.1 Å². The van der Waals surface area contributed by atoms with Gasteiger partial charge in [0, 0.05) is 39.5 Å². The molecule has 1 aromatic heterocycles. The van der Waals surface area contributed by atoms with E-state index in [4.69, 9.17) is 4.98 Å². The molecule has 0 spiro atoms. The summed E-state index contributed by atoms with van der Waals surface area (Å²) in [6.45, 7) is 4.48. The summed E-state index contributed by atoms with van der Waals surface area (Å²) in [6.07, 6.45) is 0. The largest absolute Gasteiger partial charge is 0.356 e. The Morgan fingerprint density at radius 1 is 1.09 bits per heavy atom. The molecule has 2 aromatic carbocycles. The van der Waals surface area contributed by atoms with Crippen molar-refractivity contribution in [3.05, 3.63) is 60.7 Å². The predicted molar refractivity (Wildman–Crippen MR) is 87.4 cm³/mol. The minimum Gasteiger partial charge on any atom is -0.356 e. The van der Waals surface area contributed by atoms with Crippen LogP contribution in [-0.4, -0.2) is 18.1 Å². The van der Waals surface area contributed by atoms with Crippen molar-refractivity contribution in [2.24, 2.45) is 5.92 Å². The fraction of sp³-hybridized carbons (Fsp3) is 0.211. The van der Waals surface area contributed by atoms with Gasteiger partial charge in [-0.15, -0.1) is 35.9 Å². The van der Waals surface area contributed by atoms with Gasteiger partial charge in [-0.25, -0.2) is 0 Å². The Labute approximate surface area is 145 Å². The standard InChI is InChI=1S/C19H17N2.W/c1-14-12-21(13-14)19-17-10-6-5-9-16(17)11-18(20-19)15-7-3-2-4-8-15;/h2-7,9-11,14H,12-13H2,1H3;/q-1;. The van der Waals surface area contributed by atoms with E-state index in [0.29, 0.717) is 0 Å². The molecule has 0 saturated carbocycles. The first kappa shape index (κ1) is 15.2. The Morgan fingerprint density at radius 2 is 1.86 bits per heavy atom. The third kappa shape index (κ3) is 2.68. The second-order valence-corrected chi connectivity index (χ2v) is 5.84. The average molecular weight is 457 g/mol. The molecule has 1 saturated heterocycles. The summed E-state index contributed by atoms with van der Waals surface area (Å²) in [6, 6.07) is 22.0. The number of fused-ring (bicyclic) bond motifs is 1. The molecule has 3 aromatic rings. The first-order valence-electron chi connectivity index (χ1n) is 7.43. The molecule has 1 fully saturated rings. The van der Waals surface area contributed by atoms with Crippen molar-refractivity contribution in [2.45, 2.75) is 6.92 Å². The Morgan fingerprint density at radius 3 is 2.59 bits per heavy atom. The molecule has 0 aliphatic carbocycles. The van der Waals surface area contributed by atoms with Crippen molar-refractivity contribution in [3.8, 4) is 11.3 Å². The molecule has 0 atom stereocenters. The molecule has 2 heterocycles. The van der Waals surface area contributed by atoms with Crippen molar-refractivity contribution >= 4 is 16.6 Å². The zero-order chi connectivity index (χ0) is 14.2. The van der Waals surface area contributed by atoms with Crippen LogP contribution in [0.25, 0.3) is 22.0 Å². The van der Waals surface area contributed by atoms with E-state index in [1.807, 2.05) is 18.2 Å². The molecule has 3 heteroatoms. The Kier molecular flexibility index (Phi) is 4.31. The third-order valence-corrected chi connectivity index (χ3v) is 4.07. The number of hydrogen-bond donors (Lipinski definition) is 0. The van der Waals surface area contributed by atoms with Gasteiger partial charge in [0.1, 0.15) is 5.82 Å². The van der Waals surface area contributed by atoms with E-state index in [2.05, 4.69) is 54.3 Å². The van der Waals surface area contributed by atoms with Crippen molar-refractivity contribution in [3.63, 3.8) is 0 Å². The summed E-state index contributed by atoms with van der Waals surface area (Å²) in [5.41, 5.74) is 2.06. The molecule has 0 radical (unpaired) electrons. The van der Waals surface area contributed by atoms with Crippen LogP contribution < -0.4 is 4.90 Å². The number of anilines is 1. The van der Waals surface area contributed by atoms with Gasteiger partial charge in [0.15, 0.2) is 0 Å². The first-order valence-corrected chi connectivity index (χ1v) is 7.43. The van der Waals surface area contributed by atoms with Crippen LogP contribution in [0, 0.1) is 12.0 Å².